The van der Waals surface area contributed by atoms with Crippen LogP contribution in [0, 0.1) is 0 Å². The zero-order chi connectivity index (χ0) is 14.0. The van der Waals surface area contributed by atoms with Crippen molar-refractivity contribution in [3.8, 4) is 0 Å². The van der Waals surface area contributed by atoms with Crippen molar-refractivity contribution in [2.45, 2.75) is 23.8 Å². The third kappa shape index (κ3) is 3.55. The fraction of sp³-hybridized carbons (Fsp3) is 0.333. The number of halogens is 1. The summed E-state index contributed by atoms with van der Waals surface area (Å²) in [5.41, 5.74) is 0. The second-order valence-electron chi connectivity index (χ2n) is 5.14. The van der Waals surface area contributed by atoms with Crippen LogP contribution in [0.4, 0.5) is 0 Å². The maximum atomic E-state index is 12.6. The summed E-state index contributed by atoms with van der Waals surface area (Å²) in [5, 5.41) is 4.93. The maximum Gasteiger partial charge on any atom is 0.241 e. The molecule has 0 unspecified atom stereocenters. The van der Waals surface area contributed by atoms with Crippen LogP contribution in [-0.2, 0) is 10.0 Å². The van der Waals surface area contributed by atoms with Gasteiger partial charge in [0.05, 0.1) is 4.90 Å². The minimum Gasteiger partial charge on any atom is -0.315 e. The van der Waals surface area contributed by atoms with Crippen LogP contribution in [-0.4, -0.2) is 27.5 Å². The molecule has 21 heavy (non-hydrogen) atoms. The highest BCUT2D eigenvalue weighted by Crippen LogP contribution is 2.23. The molecule has 0 aromatic heterocycles. The van der Waals surface area contributed by atoms with Crippen LogP contribution in [0.2, 0.25) is 0 Å². The van der Waals surface area contributed by atoms with E-state index in [0.717, 1.165) is 30.2 Å². The summed E-state index contributed by atoms with van der Waals surface area (Å²) in [6.07, 6.45) is 1.89. The highest BCUT2D eigenvalue weighted by molar-refractivity contribution is 7.89. The largest absolute Gasteiger partial charge is 0.315 e. The van der Waals surface area contributed by atoms with Gasteiger partial charge in [0.2, 0.25) is 10.0 Å². The van der Waals surface area contributed by atoms with Gasteiger partial charge < -0.3 is 5.32 Å². The van der Waals surface area contributed by atoms with Crippen molar-refractivity contribution < 1.29 is 8.42 Å². The van der Waals surface area contributed by atoms with Gasteiger partial charge in [-0.3, -0.25) is 0 Å². The Morgan fingerprint density at radius 1 is 1.10 bits per heavy atom. The van der Waals surface area contributed by atoms with E-state index in [0.29, 0.717) is 11.4 Å². The van der Waals surface area contributed by atoms with Gasteiger partial charge in [-0.15, -0.1) is 12.4 Å². The molecule has 1 aliphatic rings. The lowest BCUT2D eigenvalue weighted by Crippen LogP contribution is -2.45. The average Bonchev–Trinajstić information content (AvgIpc) is 2.47. The molecule has 6 heteroatoms. The average molecular weight is 327 g/mol. The predicted molar refractivity (Wildman–Crippen MR) is 87.4 cm³/mol. The zero-order valence-corrected chi connectivity index (χ0v) is 13.2. The number of fused-ring (bicyclic) bond motifs is 1. The van der Waals surface area contributed by atoms with Crippen molar-refractivity contribution >= 4 is 33.2 Å². The van der Waals surface area contributed by atoms with Gasteiger partial charge in [0.1, 0.15) is 0 Å². The van der Waals surface area contributed by atoms with Gasteiger partial charge in [0, 0.05) is 18.0 Å². The van der Waals surface area contributed by atoms with E-state index in [-0.39, 0.29) is 18.4 Å². The quantitative estimate of drug-likeness (QED) is 0.910. The summed E-state index contributed by atoms with van der Waals surface area (Å²) in [6, 6.07) is 12.9. The number of hydrogen-bond acceptors (Lipinski definition) is 3. The van der Waals surface area contributed by atoms with Crippen molar-refractivity contribution in [1.29, 1.82) is 0 Å². The van der Waals surface area contributed by atoms with Crippen molar-refractivity contribution in [3.63, 3.8) is 0 Å². The molecular formula is C15H19ClN2O2S. The lowest BCUT2D eigenvalue weighted by Gasteiger charge is -2.23. The first-order chi connectivity index (χ1) is 9.67. The summed E-state index contributed by atoms with van der Waals surface area (Å²) in [6.45, 7) is 1.66. The Hall–Kier alpha value is -1.14. The number of sulfonamides is 1. The summed E-state index contributed by atoms with van der Waals surface area (Å²) in [5.74, 6) is 0. The molecule has 1 atom stereocenters. The first-order valence-corrected chi connectivity index (χ1v) is 8.36. The Morgan fingerprint density at radius 2 is 1.86 bits per heavy atom. The smallest absolute Gasteiger partial charge is 0.241 e. The van der Waals surface area contributed by atoms with Crippen LogP contribution < -0.4 is 10.0 Å². The molecule has 0 radical (unpaired) electrons. The van der Waals surface area contributed by atoms with Gasteiger partial charge in [-0.05, 0) is 30.8 Å². The van der Waals surface area contributed by atoms with Crippen molar-refractivity contribution in [1.82, 2.24) is 10.0 Å². The van der Waals surface area contributed by atoms with E-state index in [9.17, 15) is 8.42 Å². The molecule has 4 nitrogen and oxygen atoms in total. The van der Waals surface area contributed by atoms with E-state index in [1.54, 1.807) is 12.1 Å². The molecule has 0 amide bonds. The molecule has 0 aliphatic carbocycles. The molecule has 2 aromatic rings. The van der Waals surface area contributed by atoms with Crippen LogP contribution >= 0.6 is 12.4 Å². The van der Waals surface area contributed by atoms with Crippen molar-refractivity contribution in [2.24, 2.45) is 0 Å². The van der Waals surface area contributed by atoms with Crippen LogP contribution in [0.15, 0.2) is 47.4 Å². The SMILES string of the molecule is Cl.O=S(=O)(N[C@@H]1CCCNC1)c1cccc2ccccc12. The summed E-state index contributed by atoms with van der Waals surface area (Å²) < 4.78 is 28.0. The maximum absolute atomic E-state index is 12.6. The lowest BCUT2D eigenvalue weighted by atomic mass is 10.1. The minimum absolute atomic E-state index is 0. The third-order valence-electron chi connectivity index (χ3n) is 3.66. The van der Waals surface area contributed by atoms with Crippen molar-refractivity contribution in [3.05, 3.63) is 42.5 Å². The molecule has 0 spiro atoms. The fourth-order valence-corrected chi connectivity index (χ4v) is 4.17. The van der Waals surface area contributed by atoms with Crippen LogP contribution in [0.1, 0.15) is 12.8 Å². The number of rotatable bonds is 3. The molecule has 0 saturated carbocycles. The molecule has 3 rings (SSSR count). The monoisotopic (exact) mass is 326 g/mol. The Kier molecular flexibility index (Phi) is 5.22. The van der Waals surface area contributed by atoms with Crippen LogP contribution in [0.5, 0.6) is 0 Å². The van der Waals surface area contributed by atoms with Gasteiger partial charge in [0.15, 0.2) is 0 Å². The lowest BCUT2D eigenvalue weighted by molar-refractivity contribution is 0.429. The van der Waals surface area contributed by atoms with E-state index >= 15 is 0 Å². The normalized spacial score (nSPS) is 19.1. The number of nitrogens with one attached hydrogen (secondary N) is 2. The summed E-state index contributed by atoms with van der Waals surface area (Å²) in [4.78, 5) is 0.362. The van der Waals surface area contributed by atoms with Crippen molar-refractivity contribution in [2.75, 3.05) is 13.1 Å². The highest BCUT2D eigenvalue weighted by Gasteiger charge is 2.22. The molecule has 2 N–H and O–H groups in total. The second-order valence-corrected chi connectivity index (χ2v) is 6.82. The van der Waals surface area contributed by atoms with E-state index in [1.165, 1.54) is 0 Å². The molecular weight excluding hydrogens is 308 g/mol. The van der Waals surface area contributed by atoms with Gasteiger partial charge >= 0.3 is 0 Å². The first kappa shape index (κ1) is 16.2. The van der Waals surface area contributed by atoms with Gasteiger partial charge in [0.25, 0.3) is 0 Å². The summed E-state index contributed by atoms with van der Waals surface area (Å²) in [7, 11) is -3.48. The highest BCUT2D eigenvalue weighted by atomic mass is 35.5. The Labute approximate surface area is 131 Å². The zero-order valence-electron chi connectivity index (χ0n) is 11.6. The molecule has 1 fully saturated rings. The number of hydrogen-bond donors (Lipinski definition) is 2. The first-order valence-electron chi connectivity index (χ1n) is 6.88. The second kappa shape index (κ2) is 6.75. The van der Waals surface area contributed by atoms with Crippen LogP contribution in [0.3, 0.4) is 0 Å². The molecule has 0 bridgehead atoms. The van der Waals surface area contributed by atoms with E-state index in [4.69, 9.17) is 0 Å². The molecule has 114 valence electrons. The molecule has 1 aliphatic heterocycles. The molecule has 2 aromatic carbocycles. The third-order valence-corrected chi connectivity index (χ3v) is 5.24. The number of piperidine rings is 1. The van der Waals surface area contributed by atoms with E-state index in [2.05, 4.69) is 10.0 Å². The topological polar surface area (TPSA) is 58.2 Å². The van der Waals surface area contributed by atoms with E-state index in [1.807, 2.05) is 30.3 Å². The van der Waals surface area contributed by atoms with E-state index < -0.39 is 10.0 Å². The number of benzene rings is 2. The minimum atomic E-state index is -3.48. The fourth-order valence-electron chi connectivity index (χ4n) is 2.67. The van der Waals surface area contributed by atoms with Crippen LogP contribution in [0.25, 0.3) is 10.8 Å². The predicted octanol–water partition coefficient (Wildman–Crippen LogP) is 2.29. The van der Waals surface area contributed by atoms with Gasteiger partial charge in [-0.25, -0.2) is 13.1 Å². The van der Waals surface area contributed by atoms with Gasteiger partial charge in [-0.1, -0.05) is 36.4 Å². The Morgan fingerprint density at radius 3 is 2.62 bits per heavy atom. The standard InChI is InChI=1S/C15H18N2O2S.ClH/c18-20(19,17-13-7-4-10-16-11-13)15-9-3-6-12-5-1-2-8-14(12)15;/h1-3,5-6,8-9,13,16-17H,4,7,10-11H2;1H/t13-;/m1./s1. The summed E-state index contributed by atoms with van der Waals surface area (Å²) >= 11 is 0. The van der Waals surface area contributed by atoms with Gasteiger partial charge in [-0.2, -0.15) is 0 Å². The Bertz CT molecular complexity index is 707. The molecule has 1 saturated heterocycles. The molecule has 1 heterocycles. The Balaban J connectivity index is 0.00000161.